The Morgan fingerprint density at radius 3 is 2.59 bits per heavy atom. The first-order valence-electron chi connectivity index (χ1n) is 6.23. The molecule has 88 valence electrons. The molecule has 3 heteroatoms. The zero-order valence-corrected chi connectivity index (χ0v) is 9.84. The van der Waals surface area contributed by atoms with Crippen molar-refractivity contribution in [1.29, 1.82) is 0 Å². The molecule has 0 radical (unpaired) electrons. The fourth-order valence-corrected chi connectivity index (χ4v) is 2.32. The van der Waals surface area contributed by atoms with E-state index in [0.29, 0.717) is 12.5 Å². The highest BCUT2D eigenvalue weighted by molar-refractivity contribution is 5.35. The minimum absolute atomic E-state index is 0.513. The number of rotatable bonds is 3. The molecule has 3 rings (SSSR count). The number of para-hydroxylation sites is 1. The molecule has 0 atom stereocenters. The first kappa shape index (κ1) is 10.5. The molecule has 17 heavy (non-hydrogen) atoms. The first-order valence-corrected chi connectivity index (χ1v) is 6.23. The van der Waals surface area contributed by atoms with E-state index in [2.05, 4.69) is 28.0 Å². The number of nitrogens with zero attached hydrogens (tertiary/aromatic N) is 2. The highest BCUT2D eigenvalue weighted by Crippen LogP contribution is 2.37. The zero-order chi connectivity index (χ0) is 11.7. The lowest BCUT2D eigenvalue weighted by Crippen LogP contribution is -2.14. The summed E-state index contributed by atoms with van der Waals surface area (Å²) in [6.07, 6.45) is 3.90. The van der Waals surface area contributed by atoms with Crippen molar-refractivity contribution in [2.24, 2.45) is 5.73 Å². The summed E-state index contributed by atoms with van der Waals surface area (Å²) in [6.45, 7) is 0.513. The van der Waals surface area contributed by atoms with Gasteiger partial charge in [-0.05, 0) is 31.0 Å². The van der Waals surface area contributed by atoms with Crippen molar-refractivity contribution in [2.75, 3.05) is 0 Å². The largest absolute Gasteiger partial charge is 0.325 e. The van der Waals surface area contributed by atoms with E-state index in [-0.39, 0.29) is 0 Å². The van der Waals surface area contributed by atoms with Gasteiger partial charge in [0.1, 0.15) is 0 Å². The van der Waals surface area contributed by atoms with Crippen LogP contribution in [0, 0.1) is 0 Å². The second kappa shape index (κ2) is 4.34. The van der Waals surface area contributed by atoms with E-state index in [9.17, 15) is 0 Å². The highest BCUT2D eigenvalue weighted by atomic mass is 15.3. The number of nitrogens with two attached hydrogens (primary N) is 1. The Hall–Kier alpha value is -1.61. The molecule has 1 aliphatic rings. The molecule has 1 fully saturated rings. The fraction of sp³-hybridized carbons (Fsp3) is 0.357. The average Bonchev–Trinajstić information content (AvgIpc) is 2.72. The summed E-state index contributed by atoms with van der Waals surface area (Å²) in [7, 11) is 0. The molecule has 0 aliphatic heterocycles. The summed E-state index contributed by atoms with van der Waals surface area (Å²) >= 11 is 0. The fourth-order valence-electron chi connectivity index (χ4n) is 2.32. The van der Waals surface area contributed by atoms with Crippen LogP contribution in [0.25, 0.3) is 5.69 Å². The summed E-state index contributed by atoms with van der Waals surface area (Å²) in [5, 5.41) is 4.59. The number of benzene rings is 1. The summed E-state index contributed by atoms with van der Waals surface area (Å²) in [4.78, 5) is 0. The smallest absolute Gasteiger partial charge is 0.0767 e. The topological polar surface area (TPSA) is 43.8 Å². The van der Waals surface area contributed by atoms with Crippen LogP contribution in [0.2, 0.25) is 0 Å². The molecule has 0 spiro atoms. The molecule has 1 heterocycles. The monoisotopic (exact) mass is 227 g/mol. The molecule has 2 aromatic rings. The van der Waals surface area contributed by atoms with Crippen LogP contribution in [0.3, 0.4) is 0 Å². The summed E-state index contributed by atoms with van der Waals surface area (Å²) in [5.74, 6) is 0.669. The molecular formula is C14H17N3. The van der Waals surface area contributed by atoms with E-state index in [0.717, 1.165) is 11.4 Å². The van der Waals surface area contributed by atoms with Crippen LogP contribution in [0.1, 0.15) is 36.6 Å². The Morgan fingerprint density at radius 1 is 1.24 bits per heavy atom. The zero-order valence-electron chi connectivity index (χ0n) is 9.84. The lowest BCUT2D eigenvalue weighted by Gasteiger charge is -2.26. The molecule has 2 N–H and O–H groups in total. The number of hydrogen-bond donors (Lipinski definition) is 1. The van der Waals surface area contributed by atoms with Gasteiger partial charge in [-0.1, -0.05) is 24.6 Å². The van der Waals surface area contributed by atoms with Crippen molar-refractivity contribution in [3.8, 4) is 5.69 Å². The SMILES string of the molecule is NCc1cc(C2CCC2)n(-c2ccccc2)n1. The quantitative estimate of drug-likeness (QED) is 0.876. The standard InChI is InChI=1S/C14H17N3/c15-10-12-9-14(11-5-4-6-11)17(16-12)13-7-2-1-3-8-13/h1-3,7-9,11H,4-6,10,15H2. The number of aromatic nitrogens is 2. The number of hydrogen-bond acceptors (Lipinski definition) is 2. The Kier molecular flexibility index (Phi) is 2.69. The van der Waals surface area contributed by atoms with Crippen molar-refractivity contribution in [3.05, 3.63) is 47.8 Å². The first-order chi connectivity index (χ1) is 8.38. The van der Waals surface area contributed by atoms with Crippen LogP contribution in [0.15, 0.2) is 36.4 Å². The minimum atomic E-state index is 0.513. The molecule has 0 saturated heterocycles. The Morgan fingerprint density at radius 2 is 2.00 bits per heavy atom. The van der Waals surface area contributed by atoms with E-state index < -0.39 is 0 Å². The minimum Gasteiger partial charge on any atom is -0.325 e. The van der Waals surface area contributed by atoms with Crippen LogP contribution in [0.4, 0.5) is 0 Å². The second-order valence-electron chi connectivity index (χ2n) is 4.64. The van der Waals surface area contributed by atoms with E-state index in [1.165, 1.54) is 25.0 Å². The van der Waals surface area contributed by atoms with Gasteiger partial charge >= 0.3 is 0 Å². The molecule has 1 saturated carbocycles. The Labute approximate surface area is 101 Å². The van der Waals surface area contributed by atoms with Crippen LogP contribution in [-0.4, -0.2) is 9.78 Å². The lowest BCUT2D eigenvalue weighted by atomic mass is 9.82. The summed E-state index contributed by atoms with van der Waals surface area (Å²) < 4.78 is 2.06. The van der Waals surface area contributed by atoms with Gasteiger partial charge in [-0.3, -0.25) is 0 Å². The summed E-state index contributed by atoms with van der Waals surface area (Å²) in [5.41, 5.74) is 9.13. The van der Waals surface area contributed by atoms with Crippen molar-refractivity contribution in [1.82, 2.24) is 9.78 Å². The molecule has 1 aromatic heterocycles. The van der Waals surface area contributed by atoms with Gasteiger partial charge in [-0.25, -0.2) is 4.68 Å². The van der Waals surface area contributed by atoms with E-state index in [1.807, 2.05) is 18.2 Å². The van der Waals surface area contributed by atoms with Gasteiger partial charge in [-0.2, -0.15) is 5.10 Å². The molecule has 0 bridgehead atoms. The van der Waals surface area contributed by atoms with Crippen LogP contribution in [0.5, 0.6) is 0 Å². The maximum Gasteiger partial charge on any atom is 0.0767 e. The molecular weight excluding hydrogens is 210 g/mol. The predicted molar refractivity (Wildman–Crippen MR) is 68.0 cm³/mol. The van der Waals surface area contributed by atoms with Gasteiger partial charge in [0.2, 0.25) is 0 Å². The van der Waals surface area contributed by atoms with Crippen molar-refractivity contribution in [3.63, 3.8) is 0 Å². The van der Waals surface area contributed by atoms with Gasteiger partial charge in [-0.15, -0.1) is 0 Å². The third-order valence-electron chi connectivity index (χ3n) is 3.52. The molecule has 1 aromatic carbocycles. The van der Waals surface area contributed by atoms with Crippen LogP contribution in [-0.2, 0) is 6.54 Å². The third kappa shape index (κ3) is 1.87. The lowest BCUT2D eigenvalue weighted by molar-refractivity contribution is 0.403. The molecule has 0 unspecified atom stereocenters. The van der Waals surface area contributed by atoms with Crippen LogP contribution < -0.4 is 5.73 Å². The maximum atomic E-state index is 5.69. The average molecular weight is 227 g/mol. The highest BCUT2D eigenvalue weighted by Gasteiger charge is 2.24. The third-order valence-corrected chi connectivity index (χ3v) is 3.52. The Bertz CT molecular complexity index is 497. The molecule has 0 amide bonds. The maximum absolute atomic E-state index is 5.69. The van der Waals surface area contributed by atoms with E-state index >= 15 is 0 Å². The van der Waals surface area contributed by atoms with Crippen molar-refractivity contribution in [2.45, 2.75) is 31.7 Å². The summed E-state index contributed by atoms with van der Waals surface area (Å²) in [6, 6.07) is 12.5. The van der Waals surface area contributed by atoms with Gasteiger partial charge in [0.15, 0.2) is 0 Å². The predicted octanol–water partition coefficient (Wildman–Crippen LogP) is 2.60. The van der Waals surface area contributed by atoms with Gasteiger partial charge in [0, 0.05) is 18.2 Å². The van der Waals surface area contributed by atoms with E-state index in [1.54, 1.807) is 0 Å². The second-order valence-corrected chi connectivity index (χ2v) is 4.64. The molecule has 1 aliphatic carbocycles. The van der Waals surface area contributed by atoms with Crippen molar-refractivity contribution < 1.29 is 0 Å². The van der Waals surface area contributed by atoms with Gasteiger partial charge in [0.05, 0.1) is 11.4 Å². The van der Waals surface area contributed by atoms with E-state index in [4.69, 9.17) is 5.73 Å². The normalized spacial score (nSPS) is 15.8. The Balaban J connectivity index is 2.05. The van der Waals surface area contributed by atoms with Gasteiger partial charge < -0.3 is 5.73 Å². The van der Waals surface area contributed by atoms with Gasteiger partial charge in [0.25, 0.3) is 0 Å². The van der Waals surface area contributed by atoms with Crippen molar-refractivity contribution >= 4 is 0 Å². The van der Waals surface area contributed by atoms with Crippen LogP contribution >= 0.6 is 0 Å². The molecule has 3 nitrogen and oxygen atoms in total.